The molecule has 0 N–H and O–H groups in total. The number of hydrogen-bond donors (Lipinski definition) is 0. The van der Waals surface area contributed by atoms with Crippen LogP contribution in [0.3, 0.4) is 0 Å². The molecule has 0 heterocycles. The van der Waals surface area contributed by atoms with Gasteiger partial charge in [-0.1, -0.05) is 63.1 Å². The van der Waals surface area contributed by atoms with E-state index in [0.29, 0.717) is 0 Å². The van der Waals surface area contributed by atoms with Crippen molar-refractivity contribution in [2.75, 3.05) is 0 Å². The van der Waals surface area contributed by atoms with Crippen LogP contribution < -0.4 is 0 Å². The first kappa shape index (κ1) is 14.7. The molecule has 0 amide bonds. The van der Waals surface area contributed by atoms with Gasteiger partial charge in [0.05, 0.1) is 0 Å². The van der Waals surface area contributed by atoms with Gasteiger partial charge in [0.15, 0.2) is 0 Å². The number of hydrogen-bond acceptors (Lipinski definition) is 0. The zero-order valence-electron chi connectivity index (χ0n) is 13.6. The summed E-state index contributed by atoms with van der Waals surface area (Å²) in [5.41, 5.74) is 7.76. The van der Waals surface area contributed by atoms with Crippen molar-refractivity contribution in [1.82, 2.24) is 0 Å². The summed E-state index contributed by atoms with van der Waals surface area (Å²) < 4.78 is 0. The maximum absolute atomic E-state index is 5.60. The van der Waals surface area contributed by atoms with E-state index in [-0.39, 0.29) is 5.41 Å². The van der Waals surface area contributed by atoms with Crippen LogP contribution in [0.25, 0.3) is 5.57 Å². The summed E-state index contributed by atoms with van der Waals surface area (Å²) in [5.74, 6) is 2.77. The standard InChI is InChI=1S/C22H22/c1-5-16-7-10-18(11-8-16)19-13-14-22(3,4)21-12-9-17(6-2)15-20(19)21/h2,7-13,15H,5,14H2,1,3-4H3. The summed E-state index contributed by atoms with van der Waals surface area (Å²) in [4.78, 5) is 0. The van der Waals surface area contributed by atoms with Gasteiger partial charge in [0.1, 0.15) is 0 Å². The van der Waals surface area contributed by atoms with Crippen molar-refractivity contribution >= 4 is 5.57 Å². The fourth-order valence-corrected chi connectivity index (χ4v) is 3.22. The zero-order chi connectivity index (χ0) is 15.7. The lowest BCUT2D eigenvalue weighted by Crippen LogP contribution is -2.22. The van der Waals surface area contributed by atoms with Crippen LogP contribution >= 0.6 is 0 Å². The summed E-state index contributed by atoms with van der Waals surface area (Å²) >= 11 is 0. The third-order valence-electron chi connectivity index (χ3n) is 4.70. The van der Waals surface area contributed by atoms with Crippen LogP contribution in [0.4, 0.5) is 0 Å². The molecule has 0 spiro atoms. The maximum Gasteiger partial charge on any atom is 0.0248 e. The van der Waals surface area contributed by atoms with Crippen LogP contribution in [0, 0.1) is 12.3 Å². The Labute approximate surface area is 133 Å². The number of aryl methyl sites for hydroxylation is 1. The lowest BCUT2D eigenvalue weighted by molar-refractivity contribution is 0.527. The second kappa shape index (κ2) is 5.50. The minimum Gasteiger partial charge on any atom is -0.115 e. The highest BCUT2D eigenvalue weighted by Gasteiger charge is 2.28. The van der Waals surface area contributed by atoms with Crippen LogP contribution in [0.15, 0.2) is 48.5 Å². The third-order valence-corrected chi connectivity index (χ3v) is 4.70. The SMILES string of the molecule is C#Cc1ccc2c(c1)C(c1ccc(CC)cc1)=CCC2(C)C. The van der Waals surface area contributed by atoms with Gasteiger partial charge in [-0.05, 0) is 58.2 Å². The summed E-state index contributed by atoms with van der Waals surface area (Å²) in [6.45, 7) is 6.79. The predicted molar refractivity (Wildman–Crippen MR) is 94.9 cm³/mol. The molecule has 2 aromatic carbocycles. The Hall–Kier alpha value is -2.26. The second-order valence-electron chi connectivity index (χ2n) is 6.66. The van der Waals surface area contributed by atoms with Gasteiger partial charge in [0, 0.05) is 5.56 Å². The minimum atomic E-state index is 0.162. The molecule has 1 aliphatic carbocycles. The fraction of sp³-hybridized carbons (Fsp3) is 0.273. The Balaban J connectivity index is 2.14. The number of terminal acetylenes is 1. The van der Waals surface area contributed by atoms with Gasteiger partial charge in [-0.25, -0.2) is 0 Å². The first-order chi connectivity index (χ1) is 10.5. The highest BCUT2D eigenvalue weighted by Crippen LogP contribution is 2.41. The largest absolute Gasteiger partial charge is 0.115 e. The Bertz CT molecular complexity index is 765. The molecule has 0 nitrogen and oxygen atoms in total. The summed E-state index contributed by atoms with van der Waals surface area (Å²) in [6, 6.07) is 15.3. The average Bonchev–Trinajstić information content (AvgIpc) is 2.55. The van der Waals surface area contributed by atoms with E-state index in [1.807, 2.05) is 0 Å². The molecule has 0 radical (unpaired) electrons. The molecule has 1 aliphatic rings. The van der Waals surface area contributed by atoms with Gasteiger partial charge >= 0.3 is 0 Å². The molecule has 22 heavy (non-hydrogen) atoms. The molecule has 0 heteroatoms. The van der Waals surface area contributed by atoms with Crippen LogP contribution in [0.5, 0.6) is 0 Å². The monoisotopic (exact) mass is 286 g/mol. The van der Waals surface area contributed by atoms with Crippen LogP contribution in [-0.2, 0) is 11.8 Å². The minimum absolute atomic E-state index is 0.162. The first-order valence-electron chi connectivity index (χ1n) is 7.96. The first-order valence-corrected chi connectivity index (χ1v) is 7.96. The molecular weight excluding hydrogens is 264 g/mol. The van der Waals surface area contributed by atoms with E-state index in [0.717, 1.165) is 18.4 Å². The molecule has 0 fully saturated rings. The van der Waals surface area contributed by atoms with Crippen molar-refractivity contribution in [3.63, 3.8) is 0 Å². The van der Waals surface area contributed by atoms with Gasteiger partial charge in [-0.2, -0.15) is 0 Å². The van der Waals surface area contributed by atoms with Gasteiger partial charge in [0.2, 0.25) is 0 Å². The topological polar surface area (TPSA) is 0 Å². The second-order valence-corrected chi connectivity index (χ2v) is 6.66. The lowest BCUT2D eigenvalue weighted by Gasteiger charge is -2.32. The molecule has 2 aromatic rings. The van der Waals surface area contributed by atoms with Crippen LogP contribution in [-0.4, -0.2) is 0 Å². The number of rotatable bonds is 2. The molecule has 0 aromatic heterocycles. The Morgan fingerprint density at radius 3 is 2.45 bits per heavy atom. The molecule has 0 unspecified atom stereocenters. The summed E-state index contributed by atoms with van der Waals surface area (Å²) in [5, 5.41) is 0. The maximum atomic E-state index is 5.60. The van der Waals surface area contributed by atoms with E-state index < -0.39 is 0 Å². The highest BCUT2D eigenvalue weighted by molar-refractivity contribution is 5.84. The summed E-state index contributed by atoms with van der Waals surface area (Å²) in [6.07, 6.45) is 10.1. The van der Waals surface area contributed by atoms with Gasteiger partial charge in [0.25, 0.3) is 0 Å². The van der Waals surface area contributed by atoms with Gasteiger partial charge in [-0.3, -0.25) is 0 Å². The Kier molecular flexibility index (Phi) is 3.67. The van der Waals surface area contributed by atoms with Gasteiger partial charge in [-0.15, -0.1) is 6.42 Å². The molecule has 0 saturated heterocycles. The van der Waals surface area contributed by atoms with Crippen molar-refractivity contribution in [3.05, 3.63) is 76.4 Å². The van der Waals surface area contributed by atoms with Crippen molar-refractivity contribution in [1.29, 1.82) is 0 Å². The molecule has 110 valence electrons. The average molecular weight is 286 g/mol. The molecular formula is C22H22. The lowest BCUT2D eigenvalue weighted by atomic mass is 9.72. The van der Waals surface area contributed by atoms with E-state index in [2.05, 4.69) is 75.2 Å². The van der Waals surface area contributed by atoms with E-state index in [1.54, 1.807) is 0 Å². The predicted octanol–water partition coefficient (Wildman–Crippen LogP) is 5.34. The Morgan fingerprint density at radius 1 is 1.09 bits per heavy atom. The molecule has 0 bridgehead atoms. The van der Waals surface area contributed by atoms with Crippen LogP contribution in [0.1, 0.15) is 55.0 Å². The van der Waals surface area contributed by atoms with Crippen molar-refractivity contribution < 1.29 is 0 Å². The zero-order valence-corrected chi connectivity index (χ0v) is 13.6. The van der Waals surface area contributed by atoms with E-state index >= 15 is 0 Å². The van der Waals surface area contributed by atoms with Crippen molar-refractivity contribution in [2.24, 2.45) is 0 Å². The molecule has 0 saturated carbocycles. The van der Waals surface area contributed by atoms with E-state index in [1.165, 1.54) is 27.8 Å². The number of fused-ring (bicyclic) bond motifs is 1. The quantitative estimate of drug-likeness (QED) is 0.653. The smallest absolute Gasteiger partial charge is 0.0248 e. The van der Waals surface area contributed by atoms with Crippen molar-refractivity contribution in [3.8, 4) is 12.3 Å². The van der Waals surface area contributed by atoms with E-state index in [9.17, 15) is 0 Å². The van der Waals surface area contributed by atoms with Crippen LogP contribution in [0.2, 0.25) is 0 Å². The normalized spacial score (nSPS) is 15.6. The molecule has 3 rings (SSSR count). The number of benzene rings is 2. The third kappa shape index (κ3) is 2.48. The molecule has 0 atom stereocenters. The summed E-state index contributed by atoms with van der Waals surface area (Å²) in [7, 11) is 0. The van der Waals surface area contributed by atoms with Gasteiger partial charge < -0.3 is 0 Å². The van der Waals surface area contributed by atoms with E-state index in [4.69, 9.17) is 6.42 Å². The fourth-order valence-electron chi connectivity index (χ4n) is 3.22. The highest BCUT2D eigenvalue weighted by atomic mass is 14.3. The number of allylic oxidation sites excluding steroid dienone is 1. The Morgan fingerprint density at radius 2 is 1.82 bits per heavy atom. The molecule has 0 aliphatic heterocycles. The van der Waals surface area contributed by atoms with Crippen molar-refractivity contribution in [2.45, 2.75) is 39.0 Å².